The van der Waals surface area contributed by atoms with Crippen molar-refractivity contribution in [1.82, 2.24) is 5.32 Å². The number of carbonyl (C=O) groups excluding carboxylic acids is 2. The third-order valence-electron chi connectivity index (χ3n) is 2.41. The molecular weight excluding hydrogens is 314 g/mol. The average molecular weight is 326 g/mol. The van der Waals surface area contributed by atoms with Gasteiger partial charge in [0.1, 0.15) is 0 Å². The third kappa shape index (κ3) is 4.67. The summed E-state index contributed by atoms with van der Waals surface area (Å²) in [5.41, 5.74) is 1.09. The van der Waals surface area contributed by atoms with Crippen molar-refractivity contribution >= 4 is 46.5 Å². The van der Waals surface area contributed by atoms with Gasteiger partial charge in [-0.3, -0.25) is 14.9 Å². The highest BCUT2D eigenvalue weighted by atomic mass is 35.5. The Bertz CT molecular complexity index is 582. The first-order valence-corrected chi connectivity index (χ1v) is 8.26. The number of imide groups is 1. The van der Waals surface area contributed by atoms with Crippen LogP contribution in [0.25, 0.3) is 0 Å². The summed E-state index contributed by atoms with van der Waals surface area (Å²) in [4.78, 5) is 23.8. The van der Waals surface area contributed by atoms with Gasteiger partial charge in [0.25, 0.3) is 5.91 Å². The largest absolute Gasteiger partial charge is 0.291 e. The summed E-state index contributed by atoms with van der Waals surface area (Å²) in [6.07, 6.45) is 0. The number of amides is 2. The Morgan fingerprint density at radius 2 is 1.95 bits per heavy atom. The summed E-state index contributed by atoms with van der Waals surface area (Å²) in [5, 5.41) is 4.86. The maximum atomic E-state index is 11.6. The predicted molar refractivity (Wildman–Crippen MR) is 84.4 cm³/mol. The summed E-state index contributed by atoms with van der Waals surface area (Å²) in [6.45, 7) is 0. The van der Waals surface area contributed by atoms with E-state index in [0.717, 1.165) is 5.56 Å². The lowest BCUT2D eigenvalue weighted by atomic mass is 10.2. The maximum absolute atomic E-state index is 11.6. The van der Waals surface area contributed by atoms with Crippen LogP contribution in [-0.4, -0.2) is 17.6 Å². The van der Waals surface area contributed by atoms with Crippen LogP contribution >= 0.6 is 34.7 Å². The van der Waals surface area contributed by atoms with Crippen molar-refractivity contribution in [3.63, 3.8) is 0 Å². The van der Waals surface area contributed by atoms with Gasteiger partial charge < -0.3 is 0 Å². The van der Waals surface area contributed by atoms with E-state index in [2.05, 4.69) is 5.32 Å². The molecular formula is C14H12ClNO2S2. The topological polar surface area (TPSA) is 46.2 Å². The highest BCUT2D eigenvalue weighted by Crippen LogP contribution is 2.15. The summed E-state index contributed by atoms with van der Waals surface area (Å²) in [5.74, 6) is 0.344. The number of thiophene rings is 1. The molecule has 1 heterocycles. The van der Waals surface area contributed by atoms with Crippen molar-refractivity contribution in [3.8, 4) is 0 Å². The van der Waals surface area contributed by atoms with Crippen LogP contribution in [0, 0.1) is 0 Å². The maximum Gasteiger partial charge on any atom is 0.267 e. The smallest absolute Gasteiger partial charge is 0.267 e. The Hall–Kier alpha value is -1.30. The standard InChI is InChI=1S/C14H12ClNO2S2/c15-11-5-3-10(4-6-11)8-19-9-13(17)16-14(18)12-2-1-7-20-12/h1-7H,8-9H2,(H,16,17,18). The summed E-state index contributed by atoms with van der Waals surface area (Å²) >= 11 is 8.56. The van der Waals surface area contributed by atoms with Gasteiger partial charge in [0.15, 0.2) is 0 Å². The molecule has 2 rings (SSSR count). The Kier molecular flexibility index (Phi) is 5.64. The fourth-order valence-electron chi connectivity index (χ4n) is 1.47. The Labute approximate surface area is 130 Å². The number of hydrogen-bond donors (Lipinski definition) is 1. The van der Waals surface area contributed by atoms with Gasteiger partial charge in [0.05, 0.1) is 10.6 Å². The SMILES string of the molecule is O=C(CSCc1ccc(Cl)cc1)NC(=O)c1cccs1. The van der Waals surface area contributed by atoms with Crippen LogP contribution in [0.2, 0.25) is 5.02 Å². The van der Waals surface area contributed by atoms with Crippen molar-refractivity contribution in [3.05, 3.63) is 57.2 Å². The number of halogens is 1. The quantitative estimate of drug-likeness (QED) is 0.913. The number of hydrogen-bond acceptors (Lipinski definition) is 4. The summed E-state index contributed by atoms with van der Waals surface area (Å²) in [6, 6.07) is 10.9. The fourth-order valence-corrected chi connectivity index (χ4v) is 3.01. The molecule has 1 aromatic carbocycles. The predicted octanol–water partition coefficient (Wildman–Crippen LogP) is 3.59. The minimum absolute atomic E-state index is 0.250. The van der Waals surface area contributed by atoms with E-state index in [4.69, 9.17) is 11.6 Å². The summed E-state index contributed by atoms with van der Waals surface area (Å²) < 4.78 is 0. The van der Waals surface area contributed by atoms with Crippen LogP contribution < -0.4 is 5.32 Å². The highest BCUT2D eigenvalue weighted by molar-refractivity contribution is 7.99. The van der Waals surface area contributed by atoms with Crippen LogP contribution in [-0.2, 0) is 10.5 Å². The monoisotopic (exact) mass is 325 g/mol. The van der Waals surface area contributed by atoms with Crippen molar-refractivity contribution in [1.29, 1.82) is 0 Å². The molecule has 104 valence electrons. The fraction of sp³-hybridized carbons (Fsp3) is 0.143. The molecule has 20 heavy (non-hydrogen) atoms. The molecule has 0 radical (unpaired) electrons. The molecule has 1 N–H and O–H groups in total. The second kappa shape index (κ2) is 7.47. The minimum atomic E-state index is -0.336. The van der Waals surface area contributed by atoms with Crippen LogP contribution in [0.3, 0.4) is 0 Å². The van der Waals surface area contributed by atoms with Gasteiger partial charge in [-0.25, -0.2) is 0 Å². The van der Waals surface area contributed by atoms with Gasteiger partial charge in [-0.2, -0.15) is 0 Å². The molecule has 0 spiro atoms. The van der Waals surface area contributed by atoms with Gasteiger partial charge in [0, 0.05) is 10.8 Å². The van der Waals surface area contributed by atoms with Crippen molar-refractivity contribution in [2.45, 2.75) is 5.75 Å². The number of thioether (sulfide) groups is 1. The van der Waals surface area contributed by atoms with Crippen LogP contribution in [0.1, 0.15) is 15.2 Å². The summed E-state index contributed by atoms with van der Waals surface area (Å²) in [7, 11) is 0. The van der Waals surface area contributed by atoms with E-state index in [9.17, 15) is 9.59 Å². The molecule has 0 aliphatic rings. The molecule has 3 nitrogen and oxygen atoms in total. The molecule has 0 atom stereocenters. The molecule has 1 aromatic heterocycles. The zero-order valence-corrected chi connectivity index (χ0v) is 12.9. The first kappa shape index (κ1) is 15.1. The molecule has 0 unspecified atom stereocenters. The lowest BCUT2D eigenvalue weighted by Crippen LogP contribution is -2.31. The third-order valence-corrected chi connectivity index (χ3v) is 4.54. The molecule has 0 aliphatic carbocycles. The number of rotatable bonds is 5. The van der Waals surface area contributed by atoms with E-state index >= 15 is 0 Å². The molecule has 0 aliphatic heterocycles. The molecule has 2 aromatic rings. The van der Waals surface area contributed by atoms with Gasteiger partial charge in [-0.1, -0.05) is 29.8 Å². The van der Waals surface area contributed by atoms with Crippen LogP contribution in [0.15, 0.2) is 41.8 Å². The number of nitrogens with one attached hydrogen (secondary N) is 1. The van der Waals surface area contributed by atoms with Crippen molar-refractivity contribution in [2.75, 3.05) is 5.75 Å². The zero-order chi connectivity index (χ0) is 14.4. The number of benzene rings is 1. The van der Waals surface area contributed by atoms with E-state index in [1.807, 2.05) is 24.3 Å². The minimum Gasteiger partial charge on any atom is -0.291 e. The molecule has 0 saturated heterocycles. The average Bonchev–Trinajstić information content (AvgIpc) is 2.95. The van der Waals surface area contributed by atoms with Crippen molar-refractivity contribution < 1.29 is 9.59 Å². The molecule has 0 fully saturated rings. The van der Waals surface area contributed by atoms with Gasteiger partial charge in [-0.15, -0.1) is 23.1 Å². The Morgan fingerprint density at radius 3 is 2.60 bits per heavy atom. The molecule has 0 bridgehead atoms. The van der Waals surface area contributed by atoms with Gasteiger partial charge in [0.2, 0.25) is 5.91 Å². The molecule has 0 saturated carbocycles. The van der Waals surface area contributed by atoms with E-state index in [-0.39, 0.29) is 17.6 Å². The first-order chi connectivity index (χ1) is 9.65. The lowest BCUT2D eigenvalue weighted by Gasteiger charge is -2.03. The van der Waals surface area contributed by atoms with E-state index in [1.165, 1.54) is 23.1 Å². The Balaban J connectivity index is 1.73. The lowest BCUT2D eigenvalue weighted by molar-refractivity contribution is -0.117. The second-order valence-corrected chi connectivity index (χ2v) is 6.34. The van der Waals surface area contributed by atoms with Crippen LogP contribution in [0.5, 0.6) is 0 Å². The van der Waals surface area contributed by atoms with Gasteiger partial charge >= 0.3 is 0 Å². The van der Waals surface area contributed by atoms with E-state index in [0.29, 0.717) is 15.7 Å². The molecule has 2 amide bonds. The zero-order valence-electron chi connectivity index (χ0n) is 10.5. The van der Waals surface area contributed by atoms with E-state index in [1.54, 1.807) is 17.5 Å². The highest BCUT2D eigenvalue weighted by Gasteiger charge is 2.10. The second-order valence-electron chi connectivity index (χ2n) is 3.97. The normalized spacial score (nSPS) is 10.2. The Morgan fingerprint density at radius 1 is 1.20 bits per heavy atom. The van der Waals surface area contributed by atoms with E-state index < -0.39 is 0 Å². The molecule has 6 heteroatoms. The van der Waals surface area contributed by atoms with Crippen LogP contribution in [0.4, 0.5) is 0 Å². The first-order valence-electron chi connectivity index (χ1n) is 5.85. The number of carbonyl (C=O) groups is 2. The van der Waals surface area contributed by atoms with Crippen molar-refractivity contribution in [2.24, 2.45) is 0 Å². The van der Waals surface area contributed by atoms with Gasteiger partial charge in [-0.05, 0) is 29.1 Å².